The highest BCUT2D eigenvalue weighted by molar-refractivity contribution is 6.24. The van der Waals surface area contributed by atoms with Crippen LogP contribution in [0, 0.1) is 0 Å². The van der Waals surface area contributed by atoms with Crippen molar-refractivity contribution in [2.45, 2.75) is 0 Å². The number of aromatic nitrogens is 4. The second kappa shape index (κ2) is 12.2. The van der Waals surface area contributed by atoms with E-state index in [-0.39, 0.29) is 0 Å². The minimum atomic E-state index is 0.526. The van der Waals surface area contributed by atoms with Crippen LogP contribution in [0.25, 0.3) is 127 Å². The molecule has 0 atom stereocenters. The van der Waals surface area contributed by atoms with Gasteiger partial charge < -0.3 is 8.83 Å². The maximum absolute atomic E-state index is 6.60. The third kappa shape index (κ3) is 4.77. The summed E-state index contributed by atoms with van der Waals surface area (Å²) in [6, 6.07) is 63.3. The van der Waals surface area contributed by atoms with Gasteiger partial charge in [0.05, 0.1) is 11.0 Å². The molecular weight excluding hydrogens is 725 g/mol. The Balaban J connectivity index is 1.10. The molecule has 6 heteroatoms. The highest BCUT2D eigenvalue weighted by Gasteiger charge is 2.23. The smallest absolute Gasteiger partial charge is 0.238 e. The van der Waals surface area contributed by atoms with Crippen LogP contribution in [0.1, 0.15) is 0 Å². The SMILES string of the molecule is c1ccc(-c2nc(-c3ccc4c(c3)oc3ccccc34)nc(-n3c4ccc5ccccc5c4c4cccc(-c5ccc6c(c5)oc5ccc7ccccc7c56)c43)n2)cc1. The summed E-state index contributed by atoms with van der Waals surface area (Å²) in [6.45, 7) is 0. The number of hydrogen-bond acceptors (Lipinski definition) is 5. The quantitative estimate of drug-likeness (QED) is 0.179. The highest BCUT2D eigenvalue weighted by Crippen LogP contribution is 2.43. The summed E-state index contributed by atoms with van der Waals surface area (Å²) in [4.78, 5) is 15.7. The largest absolute Gasteiger partial charge is 0.456 e. The molecule has 4 heterocycles. The summed E-state index contributed by atoms with van der Waals surface area (Å²) < 4.78 is 15.2. The molecule has 0 amide bonds. The molecule has 4 aromatic heterocycles. The Morgan fingerprint density at radius 1 is 0.356 bits per heavy atom. The second-order valence-corrected chi connectivity index (χ2v) is 15.1. The van der Waals surface area contributed by atoms with Gasteiger partial charge in [-0.3, -0.25) is 4.57 Å². The number of hydrogen-bond donors (Lipinski definition) is 0. The van der Waals surface area contributed by atoms with Gasteiger partial charge in [-0.25, -0.2) is 4.98 Å². The number of rotatable bonds is 4. The third-order valence-corrected chi connectivity index (χ3v) is 11.8. The van der Waals surface area contributed by atoms with Gasteiger partial charge in [-0.1, -0.05) is 140 Å². The van der Waals surface area contributed by atoms with E-state index < -0.39 is 0 Å². The first-order valence-electron chi connectivity index (χ1n) is 19.8. The highest BCUT2D eigenvalue weighted by atomic mass is 16.3. The van der Waals surface area contributed by atoms with Crippen LogP contribution in [0.5, 0.6) is 0 Å². The van der Waals surface area contributed by atoms with Gasteiger partial charge in [0, 0.05) is 49.0 Å². The van der Waals surface area contributed by atoms with E-state index >= 15 is 0 Å². The van der Waals surface area contributed by atoms with E-state index in [1.165, 1.54) is 21.5 Å². The van der Waals surface area contributed by atoms with E-state index in [0.717, 1.165) is 87.9 Å². The zero-order chi connectivity index (χ0) is 38.6. The molecule has 9 aromatic carbocycles. The molecule has 0 unspecified atom stereocenters. The Hall–Kier alpha value is -8.09. The summed E-state index contributed by atoms with van der Waals surface area (Å²) in [5, 5.41) is 11.3. The number of para-hydroxylation sites is 2. The first-order chi connectivity index (χ1) is 29.2. The van der Waals surface area contributed by atoms with Crippen molar-refractivity contribution in [1.82, 2.24) is 19.5 Å². The van der Waals surface area contributed by atoms with Gasteiger partial charge in [0.1, 0.15) is 22.3 Å². The maximum Gasteiger partial charge on any atom is 0.238 e. The molecule has 0 aliphatic rings. The molecule has 274 valence electrons. The summed E-state index contributed by atoms with van der Waals surface area (Å²) in [6.07, 6.45) is 0. The maximum atomic E-state index is 6.60. The number of furan rings is 2. The predicted octanol–water partition coefficient (Wildman–Crippen LogP) is 14.1. The Bertz CT molecular complexity index is 3860. The van der Waals surface area contributed by atoms with Crippen LogP contribution in [0.15, 0.2) is 191 Å². The Labute approximate surface area is 336 Å². The first-order valence-corrected chi connectivity index (χ1v) is 19.8. The van der Waals surface area contributed by atoms with Crippen LogP contribution in [-0.4, -0.2) is 19.5 Å². The van der Waals surface area contributed by atoms with Crippen molar-refractivity contribution in [2.24, 2.45) is 0 Å². The second-order valence-electron chi connectivity index (χ2n) is 15.1. The summed E-state index contributed by atoms with van der Waals surface area (Å²) >= 11 is 0. The topological polar surface area (TPSA) is 69.9 Å². The number of benzene rings is 9. The molecule has 0 spiro atoms. The Morgan fingerprint density at radius 3 is 1.81 bits per heavy atom. The lowest BCUT2D eigenvalue weighted by atomic mass is 9.98. The number of fused-ring (bicyclic) bond motifs is 13. The molecule has 13 rings (SSSR count). The monoisotopic (exact) mass is 754 g/mol. The summed E-state index contributed by atoms with van der Waals surface area (Å²) in [5.74, 6) is 1.66. The van der Waals surface area contributed by atoms with Crippen molar-refractivity contribution >= 4 is 87.2 Å². The fourth-order valence-corrected chi connectivity index (χ4v) is 9.17. The Morgan fingerprint density at radius 2 is 0.966 bits per heavy atom. The van der Waals surface area contributed by atoms with Crippen LogP contribution >= 0.6 is 0 Å². The van der Waals surface area contributed by atoms with Crippen molar-refractivity contribution in [2.75, 3.05) is 0 Å². The van der Waals surface area contributed by atoms with Crippen LogP contribution in [0.4, 0.5) is 0 Å². The normalized spacial score (nSPS) is 12.1. The minimum absolute atomic E-state index is 0.526. The molecule has 0 bridgehead atoms. The van der Waals surface area contributed by atoms with Gasteiger partial charge in [0.15, 0.2) is 11.6 Å². The van der Waals surface area contributed by atoms with Crippen molar-refractivity contribution in [3.05, 3.63) is 182 Å². The molecule has 59 heavy (non-hydrogen) atoms. The lowest BCUT2D eigenvalue weighted by Gasteiger charge is -2.13. The first kappa shape index (κ1) is 32.0. The fraction of sp³-hybridized carbons (Fsp3) is 0. The molecule has 0 aliphatic carbocycles. The lowest BCUT2D eigenvalue weighted by molar-refractivity contribution is 0.668. The van der Waals surface area contributed by atoms with Gasteiger partial charge in [-0.15, -0.1) is 0 Å². The van der Waals surface area contributed by atoms with E-state index in [9.17, 15) is 0 Å². The molecule has 0 N–H and O–H groups in total. The zero-order valence-electron chi connectivity index (χ0n) is 31.4. The van der Waals surface area contributed by atoms with E-state index in [4.69, 9.17) is 23.8 Å². The zero-order valence-corrected chi connectivity index (χ0v) is 31.4. The van der Waals surface area contributed by atoms with E-state index in [0.29, 0.717) is 17.6 Å². The van der Waals surface area contributed by atoms with Gasteiger partial charge in [-0.05, 0) is 69.6 Å². The van der Waals surface area contributed by atoms with Crippen molar-refractivity contribution in [1.29, 1.82) is 0 Å². The molecule has 0 saturated carbocycles. The third-order valence-electron chi connectivity index (χ3n) is 11.8. The molecule has 0 saturated heterocycles. The molecule has 0 aliphatic heterocycles. The van der Waals surface area contributed by atoms with Gasteiger partial charge >= 0.3 is 0 Å². The van der Waals surface area contributed by atoms with E-state index in [1.54, 1.807) is 0 Å². The van der Waals surface area contributed by atoms with Crippen molar-refractivity contribution in [3.63, 3.8) is 0 Å². The van der Waals surface area contributed by atoms with Gasteiger partial charge in [0.2, 0.25) is 5.95 Å². The summed E-state index contributed by atoms with van der Waals surface area (Å²) in [7, 11) is 0. The Kier molecular flexibility index (Phi) is 6.63. The van der Waals surface area contributed by atoms with E-state index in [2.05, 4.69) is 132 Å². The van der Waals surface area contributed by atoms with E-state index in [1.807, 2.05) is 54.6 Å². The number of nitrogens with zero attached hydrogens (tertiary/aromatic N) is 4. The van der Waals surface area contributed by atoms with Gasteiger partial charge in [-0.2, -0.15) is 9.97 Å². The van der Waals surface area contributed by atoms with Crippen LogP contribution in [0.2, 0.25) is 0 Å². The molecule has 13 aromatic rings. The standard InChI is InChI=1S/C53H30N4O2/c1-2-13-33(14-3-1)51-54-52(35-22-25-40-39-17-8-9-20-44(39)58-46(40)30-35)56-53(55-51)57-43-27-23-31-11-4-6-15-36(31)48(43)42-19-10-18-38(50(42)57)34-21-26-41-47(29-34)59-45-28-24-32-12-5-7-16-37(32)49(41)45/h1-30H. The lowest BCUT2D eigenvalue weighted by Crippen LogP contribution is -2.07. The molecule has 0 fully saturated rings. The average Bonchev–Trinajstić information content (AvgIpc) is 3.98. The predicted molar refractivity (Wildman–Crippen MR) is 240 cm³/mol. The van der Waals surface area contributed by atoms with Crippen molar-refractivity contribution < 1.29 is 8.83 Å². The van der Waals surface area contributed by atoms with Crippen LogP contribution < -0.4 is 0 Å². The van der Waals surface area contributed by atoms with Crippen molar-refractivity contribution in [3.8, 4) is 39.9 Å². The average molecular weight is 755 g/mol. The molecular formula is C53H30N4O2. The minimum Gasteiger partial charge on any atom is -0.456 e. The molecule has 6 nitrogen and oxygen atoms in total. The fourth-order valence-electron chi connectivity index (χ4n) is 9.17. The molecule has 0 radical (unpaired) electrons. The van der Waals surface area contributed by atoms with Crippen LogP contribution in [0.3, 0.4) is 0 Å². The summed E-state index contributed by atoms with van der Waals surface area (Å²) in [5.41, 5.74) is 9.18. The van der Waals surface area contributed by atoms with Gasteiger partial charge in [0.25, 0.3) is 0 Å². The van der Waals surface area contributed by atoms with Crippen LogP contribution in [-0.2, 0) is 0 Å².